The number of rotatable bonds is 12. The molecule has 180 valence electrons. The molecular weight excluding hydrogens is 474 g/mol. The van der Waals surface area contributed by atoms with Crippen molar-refractivity contribution < 1.29 is 22.1 Å². The summed E-state index contributed by atoms with van der Waals surface area (Å²) in [6, 6.07) is 17.2. The first-order valence-electron chi connectivity index (χ1n) is 10.9. The second kappa shape index (κ2) is 11.8. The molecule has 0 amide bonds. The lowest BCUT2D eigenvalue weighted by Crippen LogP contribution is -2.13. The summed E-state index contributed by atoms with van der Waals surface area (Å²) >= 11 is 5.89. The quantitative estimate of drug-likeness (QED) is 0.234. The zero-order chi connectivity index (χ0) is 24.6. The number of hydrogen-bond donors (Lipinski definition) is 1. The standard InChI is InChI=1S/C26H28ClNO5S/c1-4-7-20-16-19(18-28-22-10-12-23(13-11-22)31-5-2)17-25(32-6-3)26(20)33-34(29,30)24-14-8-21(27)9-15-24/h4,8-17,28H,1,5-7,18H2,2-3H3. The van der Waals surface area contributed by atoms with Crippen molar-refractivity contribution in [2.45, 2.75) is 31.7 Å². The van der Waals surface area contributed by atoms with Crippen LogP contribution in [-0.2, 0) is 23.1 Å². The molecule has 0 saturated carbocycles. The predicted molar refractivity (Wildman–Crippen MR) is 136 cm³/mol. The fourth-order valence-electron chi connectivity index (χ4n) is 3.29. The Hall–Kier alpha value is -3.16. The van der Waals surface area contributed by atoms with Crippen molar-refractivity contribution in [1.29, 1.82) is 0 Å². The van der Waals surface area contributed by atoms with Crippen molar-refractivity contribution in [3.8, 4) is 17.2 Å². The molecule has 3 aromatic rings. The van der Waals surface area contributed by atoms with Gasteiger partial charge in [-0.2, -0.15) is 8.42 Å². The smallest absolute Gasteiger partial charge is 0.339 e. The Labute approximate surface area is 206 Å². The fraction of sp³-hybridized carbons (Fsp3) is 0.231. The van der Waals surface area contributed by atoms with Crippen molar-refractivity contribution in [2.75, 3.05) is 18.5 Å². The molecule has 6 nitrogen and oxygen atoms in total. The van der Waals surface area contributed by atoms with Gasteiger partial charge in [0, 0.05) is 22.8 Å². The minimum absolute atomic E-state index is 0.00476. The van der Waals surface area contributed by atoms with Crippen LogP contribution in [0.3, 0.4) is 0 Å². The van der Waals surface area contributed by atoms with Crippen LogP contribution in [0, 0.1) is 0 Å². The van der Waals surface area contributed by atoms with Crippen LogP contribution < -0.4 is 19.0 Å². The van der Waals surface area contributed by atoms with Gasteiger partial charge in [-0.1, -0.05) is 17.7 Å². The molecule has 0 radical (unpaired) electrons. The maximum atomic E-state index is 12.9. The van der Waals surface area contributed by atoms with Gasteiger partial charge in [0.2, 0.25) is 0 Å². The number of anilines is 1. The number of nitrogens with one attached hydrogen (secondary N) is 1. The Morgan fingerprint density at radius 1 is 0.971 bits per heavy atom. The van der Waals surface area contributed by atoms with E-state index in [0.29, 0.717) is 42.5 Å². The molecular formula is C26H28ClNO5S. The Balaban J connectivity index is 1.89. The van der Waals surface area contributed by atoms with E-state index in [1.54, 1.807) is 12.1 Å². The monoisotopic (exact) mass is 501 g/mol. The van der Waals surface area contributed by atoms with E-state index in [4.69, 9.17) is 25.3 Å². The van der Waals surface area contributed by atoms with Crippen LogP contribution in [0.5, 0.6) is 17.2 Å². The normalized spacial score (nSPS) is 11.0. The van der Waals surface area contributed by atoms with Crippen molar-refractivity contribution in [3.63, 3.8) is 0 Å². The first kappa shape index (κ1) is 25.5. The van der Waals surface area contributed by atoms with E-state index < -0.39 is 10.1 Å². The Kier molecular flexibility index (Phi) is 8.85. The third-order valence-corrected chi connectivity index (χ3v) is 6.30. The van der Waals surface area contributed by atoms with Gasteiger partial charge in [0.05, 0.1) is 13.2 Å². The zero-order valence-corrected chi connectivity index (χ0v) is 20.8. The molecule has 1 N–H and O–H groups in total. The van der Waals surface area contributed by atoms with Gasteiger partial charge in [0.1, 0.15) is 10.6 Å². The Morgan fingerprint density at radius 3 is 2.26 bits per heavy atom. The van der Waals surface area contributed by atoms with Gasteiger partial charge in [-0.15, -0.1) is 6.58 Å². The lowest BCUT2D eigenvalue weighted by molar-refractivity contribution is 0.326. The van der Waals surface area contributed by atoms with Gasteiger partial charge in [0.15, 0.2) is 11.5 Å². The van der Waals surface area contributed by atoms with E-state index in [9.17, 15) is 8.42 Å². The molecule has 0 unspecified atom stereocenters. The van der Waals surface area contributed by atoms with E-state index in [2.05, 4.69) is 11.9 Å². The highest BCUT2D eigenvalue weighted by molar-refractivity contribution is 7.87. The number of benzene rings is 3. The van der Waals surface area contributed by atoms with Crippen molar-refractivity contribution in [3.05, 3.63) is 89.5 Å². The highest BCUT2D eigenvalue weighted by atomic mass is 35.5. The van der Waals surface area contributed by atoms with Crippen LogP contribution in [0.2, 0.25) is 5.02 Å². The summed E-state index contributed by atoms with van der Waals surface area (Å²) in [7, 11) is -4.09. The van der Waals surface area contributed by atoms with Gasteiger partial charge in [-0.05, 0) is 86.5 Å². The minimum Gasteiger partial charge on any atom is -0.494 e. The third-order valence-electron chi connectivity index (χ3n) is 4.81. The lowest BCUT2D eigenvalue weighted by atomic mass is 10.1. The SMILES string of the molecule is C=CCc1cc(CNc2ccc(OCC)cc2)cc(OCC)c1OS(=O)(=O)c1ccc(Cl)cc1. The van der Waals surface area contributed by atoms with Gasteiger partial charge >= 0.3 is 10.1 Å². The molecule has 0 aliphatic heterocycles. The molecule has 0 aromatic heterocycles. The van der Waals surface area contributed by atoms with Crippen molar-refractivity contribution in [2.24, 2.45) is 0 Å². The Bertz CT molecular complexity index is 1210. The topological polar surface area (TPSA) is 73.9 Å². The van der Waals surface area contributed by atoms with E-state index in [0.717, 1.165) is 17.0 Å². The summed E-state index contributed by atoms with van der Waals surface area (Å²) in [6.07, 6.45) is 2.10. The zero-order valence-electron chi connectivity index (χ0n) is 19.2. The maximum absolute atomic E-state index is 12.9. The molecule has 3 rings (SSSR count). The van der Waals surface area contributed by atoms with Crippen LogP contribution in [0.25, 0.3) is 0 Å². The maximum Gasteiger partial charge on any atom is 0.339 e. The second-order valence-electron chi connectivity index (χ2n) is 7.31. The lowest BCUT2D eigenvalue weighted by Gasteiger charge is -2.18. The average Bonchev–Trinajstić information content (AvgIpc) is 2.81. The molecule has 0 fully saturated rings. The molecule has 0 spiro atoms. The summed E-state index contributed by atoms with van der Waals surface area (Å²) in [4.78, 5) is 0.00476. The summed E-state index contributed by atoms with van der Waals surface area (Å²) in [5, 5.41) is 3.80. The molecule has 0 atom stereocenters. The Morgan fingerprint density at radius 2 is 1.65 bits per heavy atom. The van der Waals surface area contributed by atoms with Crippen LogP contribution >= 0.6 is 11.6 Å². The van der Waals surface area contributed by atoms with Crippen LogP contribution in [0.4, 0.5) is 5.69 Å². The number of ether oxygens (including phenoxy) is 2. The van der Waals surface area contributed by atoms with Crippen molar-refractivity contribution >= 4 is 27.4 Å². The van der Waals surface area contributed by atoms with Gasteiger partial charge < -0.3 is 19.0 Å². The second-order valence-corrected chi connectivity index (χ2v) is 9.29. The highest BCUT2D eigenvalue weighted by Crippen LogP contribution is 2.36. The largest absolute Gasteiger partial charge is 0.494 e. The number of hydrogen-bond acceptors (Lipinski definition) is 6. The molecule has 0 saturated heterocycles. The van der Waals surface area contributed by atoms with E-state index >= 15 is 0 Å². The predicted octanol–water partition coefficient (Wildman–Crippen LogP) is 6.25. The van der Waals surface area contributed by atoms with E-state index in [-0.39, 0.29) is 10.6 Å². The van der Waals surface area contributed by atoms with Crippen molar-refractivity contribution in [1.82, 2.24) is 0 Å². The van der Waals surface area contributed by atoms with E-state index in [1.165, 1.54) is 24.3 Å². The van der Waals surface area contributed by atoms with Crippen LogP contribution in [0.1, 0.15) is 25.0 Å². The molecule has 0 heterocycles. The third kappa shape index (κ3) is 6.68. The molecule has 0 aliphatic rings. The van der Waals surface area contributed by atoms with Gasteiger partial charge in [0.25, 0.3) is 0 Å². The van der Waals surface area contributed by atoms with Gasteiger partial charge in [-0.3, -0.25) is 0 Å². The minimum atomic E-state index is -4.09. The van der Waals surface area contributed by atoms with Crippen LogP contribution in [-0.4, -0.2) is 21.6 Å². The first-order chi connectivity index (χ1) is 16.4. The highest BCUT2D eigenvalue weighted by Gasteiger charge is 2.22. The summed E-state index contributed by atoms with van der Waals surface area (Å²) < 4.78 is 42.7. The molecule has 0 bridgehead atoms. The molecule has 0 aliphatic carbocycles. The molecule has 8 heteroatoms. The average molecular weight is 502 g/mol. The summed E-state index contributed by atoms with van der Waals surface area (Å²) in [5.74, 6) is 1.31. The van der Waals surface area contributed by atoms with E-state index in [1.807, 2.05) is 44.2 Å². The van der Waals surface area contributed by atoms with Gasteiger partial charge in [-0.25, -0.2) is 0 Å². The first-order valence-corrected chi connectivity index (χ1v) is 12.7. The fourth-order valence-corrected chi connectivity index (χ4v) is 4.39. The number of allylic oxidation sites excluding steroid dienone is 1. The molecule has 3 aromatic carbocycles. The number of halogens is 1. The summed E-state index contributed by atoms with van der Waals surface area (Å²) in [5.41, 5.74) is 2.49. The molecule has 34 heavy (non-hydrogen) atoms. The van der Waals surface area contributed by atoms with Crippen LogP contribution in [0.15, 0.2) is 78.2 Å². The summed E-state index contributed by atoms with van der Waals surface area (Å²) in [6.45, 7) is 9.03.